The second-order valence-corrected chi connectivity index (χ2v) is 14.2. The third kappa shape index (κ3) is 11.5. The Bertz CT molecular complexity index is 2280. The highest BCUT2D eigenvalue weighted by atomic mass is 17.2. The van der Waals surface area contributed by atoms with Crippen molar-refractivity contribution in [3.05, 3.63) is 190 Å². The summed E-state index contributed by atoms with van der Waals surface area (Å²) in [5.41, 5.74) is 4.01. The van der Waals surface area contributed by atoms with E-state index in [9.17, 15) is 24.6 Å². The van der Waals surface area contributed by atoms with Crippen molar-refractivity contribution in [1.82, 2.24) is 0 Å². The molecule has 0 aliphatic heterocycles. The zero-order valence-electron chi connectivity index (χ0n) is 31.6. The van der Waals surface area contributed by atoms with E-state index in [1.165, 1.54) is 6.07 Å². The molecule has 0 atom stereocenters. The van der Waals surface area contributed by atoms with E-state index in [-0.39, 0.29) is 29.0 Å². The third-order valence-electron chi connectivity index (χ3n) is 8.92. The molecule has 10 nitrogen and oxygen atoms in total. The standard InChI is InChI=1S/C47H42O10/c1-47(2,30-53-37-15-19-39(20-16-37)56-46(52)43-28-35(14-24-42(43)45(50)51)26-33-11-7-4-8-12-33)31-54-38-17-21-40(22-18-38)57-55-29-36-27-34(13-23-41(36)44(48)49)25-32-9-5-3-6-10-32/h3-24,27-28H,25-26,29-31H2,1-2H3,(H,48,49)(H,50,51). The van der Waals surface area contributed by atoms with Crippen LogP contribution in [0, 0.1) is 5.41 Å². The van der Waals surface area contributed by atoms with Crippen molar-refractivity contribution in [2.45, 2.75) is 33.3 Å². The number of ether oxygens (including phenoxy) is 3. The van der Waals surface area contributed by atoms with Crippen molar-refractivity contribution in [1.29, 1.82) is 0 Å². The maximum atomic E-state index is 13.1. The Balaban J connectivity index is 0.960. The predicted molar refractivity (Wildman–Crippen MR) is 213 cm³/mol. The second-order valence-electron chi connectivity index (χ2n) is 14.2. The van der Waals surface area contributed by atoms with Crippen molar-refractivity contribution in [3.8, 4) is 23.0 Å². The van der Waals surface area contributed by atoms with Crippen LogP contribution in [0.1, 0.15) is 72.7 Å². The molecule has 290 valence electrons. The van der Waals surface area contributed by atoms with E-state index in [1.54, 1.807) is 72.8 Å². The van der Waals surface area contributed by atoms with Crippen LogP contribution in [0.2, 0.25) is 0 Å². The number of rotatable bonds is 18. The van der Waals surface area contributed by atoms with E-state index in [1.807, 2.05) is 80.6 Å². The first-order valence-corrected chi connectivity index (χ1v) is 18.3. The average Bonchev–Trinajstić information content (AvgIpc) is 3.21. The van der Waals surface area contributed by atoms with Crippen LogP contribution in [0.4, 0.5) is 0 Å². The number of carbonyl (C=O) groups excluding carboxylic acids is 1. The highest BCUT2D eigenvalue weighted by Crippen LogP contribution is 2.26. The van der Waals surface area contributed by atoms with Gasteiger partial charge in [-0.15, -0.1) is 0 Å². The van der Waals surface area contributed by atoms with Crippen LogP contribution in [0.15, 0.2) is 146 Å². The Labute approximate surface area is 330 Å². The van der Waals surface area contributed by atoms with Gasteiger partial charge in [0.05, 0.1) is 29.9 Å². The van der Waals surface area contributed by atoms with E-state index in [0.29, 0.717) is 48.9 Å². The van der Waals surface area contributed by atoms with Crippen LogP contribution in [0.25, 0.3) is 0 Å². The molecule has 57 heavy (non-hydrogen) atoms. The molecular formula is C47H42O10. The van der Waals surface area contributed by atoms with Crippen molar-refractivity contribution in [2.24, 2.45) is 5.41 Å². The largest absolute Gasteiger partial charge is 0.493 e. The van der Waals surface area contributed by atoms with Gasteiger partial charge in [0.2, 0.25) is 0 Å². The summed E-state index contributed by atoms with van der Waals surface area (Å²) in [4.78, 5) is 47.7. The van der Waals surface area contributed by atoms with E-state index in [0.717, 1.165) is 22.3 Å². The summed E-state index contributed by atoms with van der Waals surface area (Å²) in [6, 6.07) is 42.9. The molecule has 0 saturated carbocycles. The first kappa shape index (κ1) is 39.8. The minimum atomic E-state index is -1.22. The third-order valence-corrected chi connectivity index (χ3v) is 8.92. The van der Waals surface area contributed by atoms with Crippen molar-refractivity contribution < 1.29 is 48.6 Å². The number of hydrogen-bond acceptors (Lipinski definition) is 8. The Kier molecular flexibility index (Phi) is 13.0. The maximum Gasteiger partial charge on any atom is 0.344 e. The van der Waals surface area contributed by atoms with Gasteiger partial charge in [-0.25, -0.2) is 14.4 Å². The molecule has 0 radical (unpaired) electrons. The van der Waals surface area contributed by atoms with Gasteiger partial charge in [-0.05, 0) is 107 Å². The van der Waals surface area contributed by atoms with Crippen molar-refractivity contribution in [2.75, 3.05) is 13.2 Å². The highest BCUT2D eigenvalue weighted by Gasteiger charge is 2.22. The van der Waals surface area contributed by atoms with E-state index >= 15 is 0 Å². The molecule has 0 aliphatic rings. The lowest BCUT2D eigenvalue weighted by Crippen LogP contribution is -2.28. The molecule has 6 aromatic carbocycles. The number of carboxylic acids is 2. The summed E-state index contributed by atoms with van der Waals surface area (Å²) in [5.74, 6) is -1.19. The molecule has 0 saturated heterocycles. The van der Waals surface area contributed by atoms with Crippen LogP contribution in [0.5, 0.6) is 23.0 Å². The number of carbonyl (C=O) groups is 3. The molecule has 10 heteroatoms. The van der Waals surface area contributed by atoms with Gasteiger partial charge in [-0.3, -0.25) is 0 Å². The summed E-state index contributed by atoms with van der Waals surface area (Å²) in [7, 11) is 0. The summed E-state index contributed by atoms with van der Waals surface area (Å²) >= 11 is 0. The second kappa shape index (κ2) is 18.6. The average molecular weight is 767 g/mol. The fraction of sp³-hybridized carbons (Fsp3) is 0.170. The fourth-order valence-electron chi connectivity index (χ4n) is 5.92. The summed E-state index contributed by atoms with van der Waals surface area (Å²) in [5, 5.41) is 19.4. The minimum Gasteiger partial charge on any atom is -0.493 e. The molecule has 6 aromatic rings. The Morgan fingerprint density at radius 3 is 1.51 bits per heavy atom. The highest BCUT2D eigenvalue weighted by molar-refractivity contribution is 6.03. The number of esters is 1. The zero-order chi connectivity index (χ0) is 40.2. The molecule has 0 aromatic heterocycles. The maximum absolute atomic E-state index is 13.1. The smallest absolute Gasteiger partial charge is 0.344 e. The molecule has 2 N–H and O–H groups in total. The first-order valence-electron chi connectivity index (χ1n) is 18.3. The summed E-state index contributed by atoms with van der Waals surface area (Å²) in [6.07, 6.45) is 1.20. The quantitative estimate of drug-likeness (QED) is 0.0377. The zero-order valence-corrected chi connectivity index (χ0v) is 31.6. The van der Waals surface area contributed by atoms with Crippen LogP contribution in [-0.4, -0.2) is 41.3 Å². The lowest BCUT2D eigenvalue weighted by atomic mass is 9.96. The Morgan fingerprint density at radius 2 is 0.982 bits per heavy atom. The number of carboxylic acid groups (broad SMARTS) is 2. The summed E-state index contributed by atoms with van der Waals surface area (Å²) < 4.78 is 17.6. The predicted octanol–water partition coefficient (Wildman–Crippen LogP) is 9.48. The first-order chi connectivity index (χ1) is 27.5. The molecule has 0 aliphatic carbocycles. The summed E-state index contributed by atoms with van der Waals surface area (Å²) in [6.45, 7) is 4.61. The van der Waals surface area contributed by atoms with Gasteiger partial charge in [-0.1, -0.05) is 92.7 Å². The Morgan fingerprint density at radius 1 is 0.509 bits per heavy atom. The molecule has 0 heterocycles. The number of hydrogen-bond donors (Lipinski definition) is 2. The lowest BCUT2D eigenvalue weighted by molar-refractivity contribution is -0.217. The SMILES string of the molecule is CC(C)(COc1ccc(OOCc2cc(Cc3ccccc3)ccc2C(=O)O)cc1)COc1ccc(OC(=O)c2cc(Cc3ccccc3)ccc2C(=O)O)cc1. The Hall–Kier alpha value is -6.91. The molecule has 0 unspecified atom stereocenters. The van der Waals surface area contributed by atoms with Crippen LogP contribution in [0.3, 0.4) is 0 Å². The molecule has 6 rings (SSSR count). The number of aromatic carboxylic acids is 2. The minimum absolute atomic E-state index is 0.0268. The van der Waals surface area contributed by atoms with E-state index in [2.05, 4.69) is 0 Å². The van der Waals surface area contributed by atoms with Gasteiger partial charge in [0.15, 0.2) is 5.75 Å². The van der Waals surface area contributed by atoms with Crippen LogP contribution < -0.4 is 19.1 Å². The van der Waals surface area contributed by atoms with E-state index < -0.39 is 23.3 Å². The number of benzene rings is 6. The van der Waals surface area contributed by atoms with Crippen molar-refractivity contribution in [3.63, 3.8) is 0 Å². The normalized spacial score (nSPS) is 11.1. The lowest BCUT2D eigenvalue weighted by Gasteiger charge is -2.25. The van der Waals surface area contributed by atoms with Crippen molar-refractivity contribution >= 4 is 17.9 Å². The monoisotopic (exact) mass is 766 g/mol. The molecule has 0 amide bonds. The molecule has 0 bridgehead atoms. The van der Waals surface area contributed by atoms with Gasteiger partial charge >= 0.3 is 17.9 Å². The van der Waals surface area contributed by atoms with Gasteiger partial charge in [0.1, 0.15) is 23.9 Å². The van der Waals surface area contributed by atoms with Gasteiger partial charge in [-0.2, -0.15) is 4.89 Å². The van der Waals surface area contributed by atoms with Gasteiger partial charge in [0, 0.05) is 5.41 Å². The van der Waals surface area contributed by atoms with Crippen LogP contribution in [-0.2, 0) is 24.3 Å². The van der Waals surface area contributed by atoms with Gasteiger partial charge in [0.25, 0.3) is 0 Å². The van der Waals surface area contributed by atoms with Crippen LogP contribution >= 0.6 is 0 Å². The molecule has 0 fully saturated rings. The van der Waals surface area contributed by atoms with E-state index in [4.69, 9.17) is 24.0 Å². The molecule has 0 spiro atoms. The molecular weight excluding hydrogens is 725 g/mol. The topological polar surface area (TPSA) is 138 Å². The fourth-order valence-corrected chi connectivity index (χ4v) is 5.92. The van der Waals surface area contributed by atoms with Gasteiger partial charge < -0.3 is 29.3 Å².